The quantitative estimate of drug-likeness (QED) is 0.572. The fraction of sp³-hybridized carbons (Fsp3) is 0.0385. The standard InChI is InChI=1S/C26H18N4/c27-17-23(18-28)25-16-24(21-12-6-2-7-13-21)29-26(22-14-8-3-9-15-22)30(25)19-20-10-4-1-5-11-20/h1-16H,19H2. The first-order valence-corrected chi connectivity index (χ1v) is 9.57. The summed E-state index contributed by atoms with van der Waals surface area (Å²) in [6.45, 7) is 0.495. The van der Waals surface area contributed by atoms with E-state index in [2.05, 4.69) is 12.1 Å². The van der Waals surface area contributed by atoms with Gasteiger partial charge in [0.1, 0.15) is 18.0 Å². The summed E-state index contributed by atoms with van der Waals surface area (Å²) in [6.07, 6.45) is 1.83. The van der Waals surface area contributed by atoms with Gasteiger partial charge in [0.15, 0.2) is 5.57 Å². The van der Waals surface area contributed by atoms with Gasteiger partial charge in [0.2, 0.25) is 0 Å². The first-order valence-electron chi connectivity index (χ1n) is 9.57. The summed E-state index contributed by atoms with van der Waals surface area (Å²) < 4.78 is 0. The Hall–Kier alpha value is -4.41. The number of nitriles is 2. The lowest BCUT2D eigenvalue weighted by atomic mass is 10.0. The van der Waals surface area contributed by atoms with Crippen molar-refractivity contribution < 1.29 is 0 Å². The summed E-state index contributed by atoms with van der Waals surface area (Å²) in [4.78, 5) is 6.90. The van der Waals surface area contributed by atoms with Gasteiger partial charge in [0.25, 0.3) is 0 Å². The molecule has 0 aliphatic carbocycles. The van der Waals surface area contributed by atoms with Gasteiger partial charge in [-0.25, -0.2) is 4.99 Å². The van der Waals surface area contributed by atoms with Crippen LogP contribution in [0, 0.1) is 22.7 Å². The van der Waals surface area contributed by atoms with Crippen molar-refractivity contribution in [3.05, 3.63) is 125 Å². The van der Waals surface area contributed by atoms with Gasteiger partial charge in [0, 0.05) is 17.7 Å². The molecule has 3 aromatic rings. The number of hydrogen-bond donors (Lipinski definition) is 0. The lowest BCUT2D eigenvalue weighted by Crippen LogP contribution is -2.33. The average molecular weight is 386 g/mol. The van der Waals surface area contributed by atoms with Gasteiger partial charge >= 0.3 is 0 Å². The minimum atomic E-state index is 0.0580. The number of nitrogens with zero attached hydrogens (tertiary/aromatic N) is 4. The predicted octanol–water partition coefficient (Wildman–Crippen LogP) is 5.29. The maximum absolute atomic E-state index is 9.65. The Kier molecular flexibility index (Phi) is 5.51. The Morgan fingerprint density at radius 3 is 1.83 bits per heavy atom. The molecule has 1 heterocycles. The van der Waals surface area contributed by atoms with E-state index in [0.29, 0.717) is 18.1 Å². The zero-order valence-electron chi connectivity index (χ0n) is 16.2. The summed E-state index contributed by atoms with van der Waals surface area (Å²) in [5.74, 6) is 0.707. The van der Waals surface area contributed by atoms with E-state index in [1.807, 2.05) is 102 Å². The average Bonchev–Trinajstić information content (AvgIpc) is 2.82. The third-order valence-electron chi connectivity index (χ3n) is 4.81. The number of allylic oxidation sites excluding steroid dienone is 2. The molecule has 4 heteroatoms. The second-order valence-electron chi connectivity index (χ2n) is 6.75. The van der Waals surface area contributed by atoms with Gasteiger partial charge in [-0.05, 0) is 11.6 Å². The Morgan fingerprint density at radius 2 is 1.27 bits per heavy atom. The van der Waals surface area contributed by atoms with Crippen LogP contribution in [0.2, 0.25) is 0 Å². The van der Waals surface area contributed by atoms with Crippen molar-refractivity contribution in [1.82, 2.24) is 4.90 Å². The molecule has 4 rings (SSSR count). The van der Waals surface area contributed by atoms with E-state index in [0.717, 1.165) is 22.4 Å². The van der Waals surface area contributed by atoms with Crippen LogP contribution in [0.3, 0.4) is 0 Å². The van der Waals surface area contributed by atoms with Crippen LogP contribution in [0.15, 0.2) is 113 Å². The van der Waals surface area contributed by atoms with Crippen LogP contribution < -0.4 is 0 Å². The molecule has 0 saturated carbocycles. The van der Waals surface area contributed by atoms with E-state index in [1.54, 1.807) is 0 Å². The topological polar surface area (TPSA) is 63.2 Å². The molecule has 3 aromatic carbocycles. The van der Waals surface area contributed by atoms with E-state index >= 15 is 0 Å². The van der Waals surface area contributed by atoms with E-state index < -0.39 is 0 Å². The Balaban J connectivity index is 1.92. The molecular weight excluding hydrogens is 368 g/mol. The maximum Gasteiger partial charge on any atom is 0.153 e. The minimum absolute atomic E-state index is 0.0580. The lowest BCUT2D eigenvalue weighted by Gasteiger charge is -2.31. The largest absolute Gasteiger partial charge is 0.319 e. The second kappa shape index (κ2) is 8.73. The van der Waals surface area contributed by atoms with Crippen molar-refractivity contribution in [2.24, 2.45) is 4.99 Å². The van der Waals surface area contributed by atoms with Gasteiger partial charge in [0.05, 0.1) is 11.4 Å². The molecule has 4 nitrogen and oxygen atoms in total. The zero-order valence-corrected chi connectivity index (χ0v) is 16.2. The van der Waals surface area contributed by atoms with Gasteiger partial charge < -0.3 is 4.90 Å². The highest BCUT2D eigenvalue weighted by Gasteiger charge is 2.25. The van der Waals surface area contributed by atoms with Crippen LogP contribution in [0.1, 0.15) is 16.7 Å². The molecule has 0 radical (unpaired) electrons. The molecule has 0 fully saturated rings. The summed E-state index contributed by atoms with van der Waals surface area (Å²) in [6, 6.07) is 33.7. The monoisotopic (exact) mass is 386 g/mol. The molecule has 0 unspecified atom stereocenters. The Bertz CT molecular complexity index is 1190. The van der Waals surface area contributed by atoms with Gasteiger partial charge in [-0.1, -0.05) is 91.0 Å². The summed E-state index contributed by atoms with van der Waals surface area (Å²) in [5, 5.41) is 19.3. The van der Waals surface area contributed by atoms with E-state index in [9.17, 15) is 10.5 Å². The van der Waals surface area contributed by atoms with E-state index in [-0.39, 0.29) is 5.57 Å². The second-order valence-corrected chi connectivity index (χ2v) is 6.75. The van der Waals surface area contributed by atoms with Crippen LogP contribution >= 0.6 is 0 Å². The number of rotatable bonds is 4. The predicted molar refractivity (Wildman–Crippen MR) is 118 cm³/mol. The Morgan fingerprint density at radius 1 is 0.733 bits per heavy atom. The van der Waals surface area contributed by atoms with Crippen molar-refractivity contribution in [1.29, 1.82) is 10.5 Å². The smallest absolute Gasteiger partial charge is 0.153 e. The summed E-state index contributed by atoms with van der Waals surface area (Å²) in [7, 11) is 0. The third kappa shape index (κ3) is 3.90. The third-order valence-corrected chi connectivity index (χ3v) is 4.81. The molecule has 142 valence electrons. The summed E-state index contributed by atoms with van der Waals surface area (Å²) in [5.41, 5.74) is 4.24. The lowest BCUT2D eigenvalue weighted by molar-refractivity contribution is 0.518. The van der Waals surface area contributed by atoms with E-state index in [1.165, 1.54) is 0 Å². The fourth-order valence-electron chi connectivity index (χ4n) is 3.37. The van der Waals surface area contributed by atoms with Crippen LogP contribution in [-0.4, -0.2) is 10.7 Å². The van der Waals surface area contributed by atoms with Crippen LogP contribution in [-0.2, 0) is 6.54 Å². The van der Waals surface area contributed by atoms with Crippen molar-refractivity contribution in [3.8, 4) is 12.1 Å². The molecule has 1 aliphatic rings. The Labute approximate surface area is 176 Å². The zero-order chi connectivity index (χ0) is 20.8. The molecule has 0 bridgehead atoms. The molecule has 0 spiro atoms. The molecule has 0 atom stereocenters. The van der Waals surface area contributed by atoms with Crippen LogP contribution in [0.4, 0.5) is 0 Å². The van der Waals surface area contributed by atoms with Crippen molar-refractivity contribution >= 4 is 11.5 Å². The van der Waals surface area contributed by atoms with Crippen LogP contribution in [0.25, 0.3) is 5.70 Å². The molecule has 1 aliphatic heterocycles. The molecule has 0 amide bonds. The highest BCUT2D eigenvalue weighted by Crippen LogP contribution is 2.30. The van der Waals surface area contributed by atoms with Gasteiger partial charge in [-0.15, -0.1) is 0 Å². The SMILES string of the molecule is N#CC(C#N)=C1C=C(c2ccccc2)N=C(c2ccccc2)N1Cc1ccccc1. The first-order chi connectivity index (χ1) is 14.8. The molecule has 0 saturated heterocycles. The van der Waals surface area contributed by atoms with Crippen LogP contribution in [0.5, 0.6) is 0 Å². The van der Waals surface area contributed by atoms with Gasteiger partial charge in [-0.2, -0.15) is 10.5 Å². The van der Waals surface area contributed by atoms with Crippen molar-refractivity contribution in [2.45, 2.75) is 6.54 Å². The van der Waals surface area contributed by atoms with Crippen molar-refractivity contribution in [2.75, 3.05) is 0 Å². The molecule has 0 aromatic heterocycles. The van der Waals surface area contributed by atoms with E-state index in [4.69, 9.17) is 4.99 Å². The number of hydrogen-bond acceptors (Lipinski definition) is 4. The minimum Gasteiger partial charge on any atom is -0.319 e. The molecular formula is C26H18N4. The van der Waals surface area contributed by atoms with Crippen molar-refractivity contribution in [3.63, 3.8) is 0 Å². The normalized spacial score (nSPS) is 13.0. The first kappa shape index (κ1) is 18.9. The number of aliphatic imine (C=N–C) groups is 1. The highest BCUT2D eigenvalue weighted by molar-refractivity contribution is 6.05. The molecule has 0 N–H and O–H groups in total. The van der Waals surface area contributed by atoms with Gasteiger partial charge in [-0.3, -0.25) is 0 Å². The summed E-state index contributed by atoms with van der Waals surface area (Å²) >= 11 is 0. The molecule has 30 heavy (non-hydrogen) atoms. The number of amidine groups is 1. The number of benzene rings is 3. The fourth-order valence-corrected chi connectivity index (χ4v) is 3.37. The maximum atomic E-state index is 9.65. The highest BCUT2D eigenvalue weighted by atomic mass is 15.2.